The largest absolute Gasteiger partial charge is 0.456 e. The second-order valence-corrected chi connectivity index (χ2v) is 17.4. The summed E-state index contributed by atoms with van der Waals surface area (Å²) in [5.41, 5.74) is 21.1. The van der Waals surface area contributed by atoms with Crippen LogP contribution in [-0.2, 0) is 5.41 Å². The van der Waals surface area contributed by atoms with Gasteiger partial charge in [0.05, 0.1) is 11.4 Å². The van der Waals surface area contributed by atoms with Crippen molar-refractivity contribution in [1.29, 1.82) is 0 Å². The number of nitrogens with zero attached hydrogens (tertiary/aromatic N) is 2. The first-order chi connectivity index (χ1) is 31.4. The van der Waals surface area contributed by atoms with Gasteiger partial charge in [-0.15, -0.1) is 0 Å². The van der Waals surface area contributed by atoms with Crippen LogP contribution < -0.4 is 0 Å². The predicted molar refractivity (Wildman–Crippen MR) is 265 cm³/mol. The van der Waals surface area contributed by atoms with Gasteiger partial charge in [-0.2, -0.15) is 0 Å². The van der Waals surface area contributed by atoms with Gasteiger partial charge in [-0.05, 0) is 115 Å². The first-order valence-electron chi connectivity index (χ1n) is 22.0. The first kappa shape index (κ1) is 37.6. The third-order valence-corrected chi connectivity index (χ3v) is 13.1. The minimum atomic E-state index is -0.0582. The van der Waals surface area contributed by atoms with Gasteiger partial charge < -0.3 is 4.42 Å². The van der Waals surface area contributed by atoms with Gasteiger partial charge in [0.15, 0.2) is 5.82 Å². The van der Waals surface area contributed by atoms with Crippen LogP contribution in [0.15, 0.2) is 223 Å². The van der Waals surface area contributed by atoms with Gasteiger partial charge in [0, 0.05) is 32.9 Å². The third-order valence-electron chi connectivity index (χ3n) is 13.1. The zero-order valence-corrected chi connectivity index (χ0v) is 35.6. The topological polar surface area (TPSA) is 38.9 Å². The summed E-state index contributed by atoms with van der Waals surface area (Å²) in [5, 5.41) is 2.20. The molecule has 3 heteroatoms. The van der Waals surface area contributed by atoms with Gasteiger partial charge in [0.2, 0.25) is 0 Å². The van der Waals surface area contributed by atoms with E-state index in [1.54, 1.807) is 0 Å². The monoisotopic (exact) mass is 818 g/mol. The molecule has 2 aromatic heterocycles. The molecule has 1 aliphatic rings. The second-order valence-electron chi connectivity index (χ2n) is 17.4. The van der Waals surface area contributed by atoms with Crippen LogP contribution in [0.1, 0.15) is 25.0 Å². The van der Waals surface area contributed by atoms with Crippen molar-refractivity contribution in [2.24, 2.45) is 0 Å². The van der Waals surface area contributed by atoms with Crippen molar-refractivity contribution in [3.05, 3.63) is 230 Å². The molecule has 302 valence electrons. The number of aromatic nitrogens is 2. The lowest BCUT2D eigenvalue weighted by molar-refractivity contribution is 0.660. The SMILES string of the molecule is CC1(C)c2ccccc2-c2ccc(-c3ccc(-c4cc(-c5ccc6oc7ccccc7c6c5)cc(-c5cc(-c6ccc(-c7ccccc7)cc6)nc(-c6ccccc6)n5)c4)cc3)cc21. The van der Waals surface area contributed by atoms with E-state index in [1.165, 1.54) is 44.5 Å². The Morgan fingerprint density at radius 1 is 0.312 bits per heavy atom. The highest BCUT2D eigenvalue weighted by atomic mass is 16.3. The summed E-state index contributed by atoms with van der Waals surface area (Å²) in [6, 6.07) is 78.0. The van der Waals surface area contributed by atoms with Crippen molar-refractivity contribution in [3.8, 4) is 89.5 Å². The molecule has 0 atom stereocenters. The van der Waals surface area contributed by atoms with Crippen LogP contribution in [0.5, 0.6) is 0 Å². The zero-order chi connectivity index (χ0) is 42.8. The Hall–Kier alpha value is -8.14. The number of hydrogen-bond donors (Lipinski definition) is 0. The fourth-order valence-electron chi connectivity index (χ4n) is 9.68. The third kappa shape index (κ3) is 6.53. The average molecular weight is 819 g/mol. The molecular weight excluding hydrogens is 777 g/mol. The molecule has 64 heavy (non-hydrogen) atoms. The van der Waals surface area contributed by atoms with Gasteiger partial charge in [-0.3, -0.25) is 0 Å². The molecule has 0 amide bonds. The quantitative estimate of drug-likeness (QED) is 0.161. The van der Waals surface area contributed by atoms with Crippen molar-refractivity contribution in [1.82, 2.24) is 9.97 Å². The summed E-state index contributed by atoms with van der Waals surface area (Å²) in [4.78, 5) is 10.5. The number of furan rings is 1. The maximum atomic E-state index is 6.26. The van der Waals surface area contributed by atoms with Gasteiger partial charge >= 0.3 is 0 Å². The molecule has 0 bridgehead atoms. The van der Waals surface area contributed by atoms with Gasteiger partial charge in [0.25, 0.3) is 0 Å². The lowest BCUT2D eigenvalue weighted by Crippen LogP contribution is -2.14. The Balaban J connectivity index is 0.990. The normalized spacial score (nSPS) is 12.7. The lowest BCUT2D eigenvalue weighted by Gasteiger charge is -2.22. The van der Waals surface area contributed by atoms with Crippen molar-refractivity contribution >= 4 is 21.9 Å². The van der Waals surface area contributed by atoms with Crippen LogP contribution in [0, 0.1) is 0 Å². The smallest absolute Gasteiger partial charge is 0.160 e. The molecule has 11 aromatic rings. The molecule has 3 nitrogen and oxygen atoms in total. The Labute approximate surface area is 373 Å². The molecule has 0 spiro atoms. The number of para-hydroxylation sites is 1. The minimum Gasteiger partial charge on any atom is -0.456 e. The fourth-order valence-corrected chi connectivity index (χ4v) is 9.68. The zero-order valence-electron chi connectivity index (χ0n) is 35.6. The average Bonchev–Trinajstić information content (AvgIpc) is 3.85. The van der Waals surface area contributed by atoms with E-state index in [9.17, 15) is 0 Å². The van der Waals surface area contributed by atoms with E-state index in [-0.39, 0.29) is 5.41 Å². The number of rotatable bonds is 7. The highest BCUT2D eigenvalue weighted by molar-refractivity contribution is 6.06. The number of fused-ring (bicyclic) bond motifs is 6. The van der Waals surface area contributed by atoms with E-state index in [2.05, 4.69) is 196 Å². The molecule has 0 aliphatic heterocycles. The minimum absolute atomic E-state index is 0.0582. The molecular formula is C61H42N2O. The summed E-state index contributed by atoms with van der Waals surface area (Å²) in [5.74, 6) is 0.684. The molecule has 1 aliphatic carbocycles. The summed E-state index contributed by atoms with van der Waals surface area (Å²) in [7, 11) is 0. The summed E-state index contributed by atoms with van der Waals surface area (Å²) < 4.78 is 6.26. The predicted octanol–water partition coefficient (Wildman–Crippen LogP) is 16.4. The summed E-state index contributed by atoms with van der Waals surface area (Å²) in [6.45, 7) is 4.68. The van der Waals surface area contributed by atoms with Crippen molar-refractivity contribution in [3.63, 3.8) is 0 Å². The number of benzene rings is 9. The Bertz CT molecular complexity index is 3550. The molecule has 2 heterocycles. The number of hydrogen-bond acceptors (Lipinski definition) is 3. The van der Waals surface area contributed by atoms with E-state index in [0.717, 1.165) is 72.3 Å². The van der Waals surface area contributed by atoms with E-state index in [1.807, 2.05) is 36.4 Å². The Kier molecular flexibility index (Phi) is 8.84. The molecule has 0 fully saturated rings. The van der Waals surface area contributed by atoms with Crippen LogP contribution >= 0.6 is 0 Å². The van der Waals surface area contributed by atoms with E-state index in [0.29, 0.717) is 5.82 Å². The molecule has 9 aromatic carbocycles. The highest BCUT2D eigenvalue weighted by Crippen LogP contribution is 2.49. The first-order valence-corrected chi connectivity index (χ1v) is 22.0. The molecule has 0 saturated carbocycles. The van der Waals surface area contributed by atoms with Crippen LogP contribution in [0.2, 0.25) is 0 Å². The van der Waals surface area contributed by atoms with E-state index >= 15 is 0 Å². The Morgan fingerprint density at radius 3 is 1.55 bits per heavy atom. The lowest BCUT2D eigenvalue weighted by atomic mass is 9.81. The van der Waals surface area contributed by atoms with E-state index < -0.39 is 0 Å². The fraction of sp³-hybridized carbons (Fsp3) is 0.0492. The molecule has 0 radical (unpaired) electrons. The summed E-state index contributed by atoms with van der Waals surface area (Å²) >= 11 is 0. The van der Waals surface area contributed by atoms with Crippen LogP contribution in [-0.4, -0.2) is 9.97 Å². The van der Waals surface area contributed by atoms with Crippen LogP contribution in [0.3, 0.4) is 0 Å². The maximum Gasteiger partial charge on any atom is 0.160 e. The molecule has 0 unspecified atom stereocenters. The highest BCUT2D eigenvalue weighted by Gasteiger charge is 2.35. The maximum absolute atomic E-state index is 6.26. The second kappa shape index (κ2) is 15.0. The standard InChI is InChI=1S/C61H42N2O/c1-61(2)54-19-11-9-17-50(54)51-31-29-46(37-55(51)61)41-21-23-42(24-22-41)47-33-48(45-30-32-59-53(36-45)52-18-10-12-20-58(52)64-59)35-49(34-47)57-38-56(62-60(63-57)44-15-7-4-8-16-44)43-27-25-40(26-28-43)39-13-5-3-6-14-39/h3-38H,1-2H3. The Morgan fingerprint density at radius 2 is 0.797 bits per heavy atom. The van der Waals surface area contributed by atoms with Gasteiger partial charge in [-0.25, -0.2) is 9.97 Å². The molecule has 12 rings (SSSR count). The molecule has 0 saturated heterocycles. The summed E-state index contributed by atoms with van der Waals surface area (Å²) in [6.07, 6.45) is 0. The van der Waals surface area contributed by atoms with E-state index in [4.69, 9.17) is 14.4 Å². The van der Waals surface area contributed by atoms with Gasteiger partial charge in [0.1, 0.15) is 11.2 Å². The molecule has 0 N–H and O–H groups in total. The van der Waals surface area contributed by atoms with Gasteiger partial charge in [-0.1, -0.05) is 184 Å². The van der Waals surface area contributed by atoms with Crippen LogP contribution in [0.25, 0.3) is 111 Å². The van der Waals surface area contributed by atoms with Crippen molar-refractivity contribution in [2.75, 3.05) is 0 Å². The van der Waals surface area contributed by atoms with Crippen LogP contribution in [0.4, 0.5) is 0 Å². The van der Waals surface area contributed by atoms with Crippen molar-refractivity contribution < 1.29 is 4.42 Å². The van der Waals surface area contributed by atoms with Crippen molar-refractivity contribution in [2.45, 2.75) is 19.3 Å².